The van der Waals surface area contributed by atoms with Crippen molar-refractivity contribution in [2.75, 3.05) is 19.7 Å². The third-order valence-electron chi connectivity index (χ3n) is 3.32. The van der Waals surface area contributed by atoms with Crippen molar-refractivity contribution in [3.05, 3.63) is 23.5 Å². The van der Waals surface area contributed by atoms with E-state index in [2.05, 4.69) is 9.88 Å². The lowest BCUT2D eigenvalue weighted by Gasteiger charge is -2.31. The summed E-state index contributed by atoms with van der Waals surface area (Å²) in [6, 6.07) is 3.51. The molecular formula is C13H20N2O2. The second kappa shape index (κ2) is 5.47. The Labute approximate surface area is 102 Å². The molecule has 1 aromatic heterocycles. The van der Waals surface area contributed by atoms with Crippen molar-refractivity contribution in [3.8, 4) is 5.75 Å². The second-order valence-corrected chi connectivity index (χ2v) is 4.84. The highest BCUT2D eigenvalue weighted by Gasteiger charge is 2.20. The Hall–Kier alpha value is -1.13. The predicted molar refractivity (Wildman–Crippen MR) is 65.7 cm³/mol. The van der Waals surface area contributed by atoms with Crippen LogP contribution in [0.5, 0.6) is 5.75 Å². The normalized spacial score (nSPS) is 21.6. The van der Waals surface area contributed by atoms with Crippen LogP contribution in [-0.2, 0) is 6.54 Å². The van der Waals surface area contributed by atoms with Gasteiger partial charge in [0.2, 0.25) is 0 Å². The first kappa shape index (κ1) is 12.3. The SMILES string of the molecule is Cc1ccc(O)c(CN2CCCC(CO)C2)n1. The van der Waals surface area contributed by atoms with Crippen LogP contribution < -0.4 is 0 Å². The third-order valence-corrected chi connectivity index (χ3v) is 3.32. The van der Waals surface area contributed by atoms with E-state index in [1.807, 2.05) is 13.0 Å². The molecule has 0 aliphatic carbocycles. The summed E-state index contributed by atoms with van der Waals surface area (Å²) in [5, 5.41) is 18.9. The Balaban J connectivity index is 2.02. The van der Waals surface area contributed by atoms with Crippen molar-refractivity contribution >= 4 is 0 Å². The minimum atomic E-state index is 0.254. The number of aliphatic hydroxyl groups excluding tert-OH is 1. The molecule has 1 aliphatic heterocycles. The fraction of sp³-hybridized carbons (Fsp3) is 0.615. The first-order valence-corrected chi connectivity index (χ1v) is 6.17. The number of aryl methyl sites for hydroxylation is 1. The molecule has 4 heteroatoms. The van der Waals surface area contributed by atoms with E-state index < -0.39 is 0 Å². The molecule has 2 rings (SSSR count). The molecule has 0 amide bonds. The molecule has 4 nitrogen and oxygen atoms in total. The minimum absolute atomic E-state index is 0.254. The van der Waals surface area contributed by atoms with E-state index in [0.717, 1.165) is 37.3 Å². The Bertz CT molecular complexity index is 382. The van der Waals surface area contributed by atoms with Gasteiger partial charge >= 0.3 is 0 Å². The smallest absolute Gasteiger partial charge is 0.138 e. The average Bonchev–Trinajstić information content (AvgIpc) is 2.34. The van der Waals surface area contributed by atoms with Crippen LogP contribution in [0.1, 0.15) is 24.2 Å². The van der Waals surface area contributed by atoms with Gasteiger partial charge in [0.25, 0.3) is 0 Å². The van der Waals surface area contributed by atoms with Crippen molar-refractivity contribution in [3.63, 3.8) is 0 Å². The number of hydrogen-bond donors (Lipinski definition) is 2. The summed E-state index contributed by atoms with van der Waals surface area (Å²) < 4.78 is 0. The van der Waals surface area contributed by atoms with Crippen LogP contribution in [0, 0.1) is 12.8 Å². The van der Waals surface area contributed by atoms with Crippen LogP contribution in [0.25, 0.3) is 0 Å². The summed E-state index contributed by atoms with van der Waals surface area (Å²) in [6.45, 7) is 4.76. The summed E-state index contributed by atoms with van der Waals surface area (Å²) >= 11 is 0. The monoisotopic (exact) mass is 236 g/mol. The van der Waals surface area contributed by atoms with E-state index >= 15 is 0 Å². The molecule has 2 heterocycles. The van der Waals surface area contributed by atoms with E-state index in [1.54, 1.807) is 6.07 Å². The number of hydrogen-bond acceptors (Lipinski definition) is 4. The summed E-state index contributed by atoms with van der Waals surface area (Å²) in [6.07, 6.45) is 2.21. The lowest BCUT2D eigenvalue weighted by Crippen LogP contribution is -2.36. The van der Waals surface area contributed by atoms with Crippen LogP contribution in [-0.4, -0.2) is 39.8 Å². The van der Waals surface area contributed by atoms with Gasteiger partial charge in [0.15, 0.2) is 0 Å². The van der Waals surface area contributed by atoms with Crippen molar-refractivity contribution in [2.45, 2.75) is 26.3 Å². The van der Waals surface area contributed by atoms with Crippen LogP contribution in [0.15, 0.2) is 12.1 Å². The molecule has 0 spiro atoms. The number of pyridine rings is 1. The fourth-order valence-corrected chi connectivity index (χ4v) is 2.38. The zero-order valence-corrected chi connectivity index (χ0v) is 10.3. The van der Waals surface area contributed by atoms with Gasteiger partial charge in [-0.25, -0.2) is 0 Å². The van der Waals surface area contributed by atoms with Gasteiger partial charge in [-0.1, -0.05) is 0 Å². The highest BCUT2D eigenvalue weighted by Crippen LogP contribution is 2.21. The number of aromatic nitrogens is 1. The highest BCUT2D eigenvalue weighted by atomic mass is 16.3. The van der Waals surface area contributed by atoms with E-state index in [4.69, 9.17) is 0 Å². The first-order chi connectivity index (χ1) is 8.19. The van der Waals surface area contributed by atoms with Crippen LogP contribution in [0.3, 0.4) is 0 Å². The molecule has 1 fully saturated rings. The summed E-state index contributed by atoms with van der Waals surface area (Å²) in [5.74, 6) is 0.637. The number of piperidine rings is 1. The molecule has 94 valence electrons. The van der Waals surface area contributed by atoms with Gasteiger partial charge in [-0.3, -0.25) is 9.88 Å². The summed E-state index contributed by atoms with van der Waals surface area (Å²) in [7, 11) is 0. The molecule has 1 saturated heterocycles. The van der Waals surface area contributed by atoms with Gasteiger partial charge in [-0.15, -0.1) is 0 Å². The van der Waals surface area contributed by atoms with Crippen molar-refractivity contribution in [2.24, 2.45) is 5.92 Å². The quantitative estimate of drug-likeness (QED) is 0.830. The first-order valence-electron chi connectivity index (χ1n) is 6.17. The van der Waals surface area contributed by atoms with Crippen molar-refractivity contribution < 1.29 is 10.2 Å². The molecule has 17 heavy (non-hydrogen) atoms. The molecule has 1 atom stereocenters. The van der Waals surface area contributed by atoms with E-state index in [-0.39, 0.29) is 12.4 Å². The van der Waals surface area contributed by atoms with Crippen LogP contribution in [0.4, 0.5) is 0 Å². The molecule has 0 bridgehead atoms. The predicted octanol–water partition coefficient (Wildman–Crippen LogP) is 1.30. The number of rotatable bonds is 3. The zero-order valence-electron chi connectivity index (χ0n) is 10.3. The Morgan fingerprint density at radius 2 is 2.29 bits per heavy atom. The van der Waals surface area contributed by atoms with Gasteiger partial charge < -0.3 is 10.2 Å². The maximum Gasteiger partial charge on any atom is 0.138 e. The fourth-order valence-electron chi connectivity index (χ4n) is 2.38. The van der Waals surface area contributed by atoms with Gasteiger partial charge in [-0.2, -0.15) is 0 Å². The van der Waals surface area contributed by atoms with Crippen molar-refractivity contribution in [1.29, 1.82) is 0 Å². The maximum atomic E-state index is 9.75. The largest absolute Gasteiger partial charge is 0.506 e. The molecule has 1 aromatic rings. The summed E-state index contributed by atoms with van der Waals surface area (Å²) in [5.41, 5.74) is 1.66. The zero-order chi connectivity index (χ0) is 12.3. The van der Waals surface area contributed by atoms with Crippen molar-refractivity contribution in [1.82, 2.24) is 9.88 Å². The van der Waals surface area contributed by atoms with E-state index in [9.17, 15) is 10.2 Å². The maximum absolute atomic E-state index is 9.75. The lowest BCUT2D eigenvalue weighted by atomic mass is 9.99. The van der Waals surface area contributed by atoms with Gasteiger partial charge in [0, 0.05) is 25.4 Å². The molecule has 1 unspecified atom stereocenters. The molecule has 0 aromatic carbocycles. The van der Waals surface area contributed by atoms with Crippen LogP contribution >= 0.6 is 0 Å². The number of aliphatic hydroxyl groups is 1. The highest BCUT2D eigenvalue weighted by molar-refractivity contribution is 5.27. The van der Waals surface area contributed by atoms with E-state index in [1.165, 1.54) is 0 Å². The van der Waals surface area contributed by atoms with E-state index in [0.29, 0.717) is 12.5 Å². The van der Waals surface area contributed by atoms with Gasteiger partial charge in [0.05, 0.1) is 5.69 Å². The van der Waals surface area contributed by atoms with Gasteiger partial charge in [-0.05, 0) is 44.4 Å². The Morgan fingerprint density at radius 1 is 1.47 bits per heavy atom. The molecule has 0 radical (unpaired) electrons. The second-order valence-electron chi connectivity index (χ2n) is 4.84. The third kappa shape index (κ3) is 3.17. The number of likely N-dealkylation sites (tertiary alicyclic amines) is 1. The number of nitrogens with zero attached hydrogens (tertiary/aromatic N) is 2. The van der Waals surface area contributed by atoms with Crippen LogP contribution in [0.2, 0.25) is 0 Å². The van der Waals surface area contributed by atoms with Gasteiger partial charge in [0.1, 0.15) is 5.75 Å². The topological polar surface area (TPSA) is 56.6 Å². The molecule has 1 aliphatic rings. The molecule has 2 N–H and O–H groups in total. The Kier molecular flexibility index (Phi) is 3.97. The number of aromatic hydroxyl groups is 1. The molecular weight excluding hydrogens is 216 g/mol. The summed E-state index contributed by atoms with van der Waals surface area (Å²) in [4.78, 5) is 6.62. The standard InChI is InChI=1S/C13H20N2O2/c1-10-4-5-13(17)12(14-10)8-15-6-2-3-11(7-15)9-16/h4-5,11,16-17H,2-3,6-9H2,1H3. The Morgan fingerprint density at radius 3 is 3.06 bits per heavy atom. The molecule has 0 saturated carbocycles. The lowest BCUT2D eigenvalue weighted by molar-refractivity contribution is 0.114. The average molecular weight is 236 g/mol. The minimum Gasteiger partial charge on any atom is -0.506 e.